The second kappa shape index (κ2) is 4.50. The maximum absolute atomic E-state index is 6.00. The van der Waals surface area contributed by atoms with Gasteiger partial charge >= 0.3 is 0 Å². The average molecular weight is 180 g/mol. The molecule has 2 rings (SSSR count). The van der Waals surface area contributed by atoms with E-state index in [1.54, 1.807) is 0 Å². The Morgan fingerprint density at radius 2 is 1.62 bits per heavy atom. The third-order valence-corrected chi connectivity index (χ3v) is 3.74. The molecule has 2 bridgehead atoms. The molecule has 0 atom stereocenters. The molecule has 0 spiro atoms. The van der Waals surface area contributed by atoms with Crippen molar-refractivity contribution in [1.82, 2.24) is 0 Å². The lowest BCUT2D eigenvalue weighted by molar-refractivity contribution is 0.268. The van der Waals surface area contributed by atoms with Gasteiger partial charge in [0.1, 0.15) is 0 Å². The predicted octanol–water partition coefficient (Wildman–Crippen LogP) is 3.51. The molecule has 0 amide bonds. The van der Waals surface area contributed by atoms with Crippen LogP contribution in [0.2, 0.25) is 11.6 Å². The second-order valence-electron chi connectivity index (χ2n) is 4.72. The molecule has 0 N–H and O–H groups in total. The summed E-state index contributed by atoms with van der Waals surface area (Å²) < 4.78 is 6.00. The zero-order valence-corrected chi connectivity index (χ0v) is 8.80. The molecule has 0 unspecified atom stereocenters. The Hall–Kier alpha value is 0.0249. The first kappa shape index (κ1) is 9.58. The molecule has 0 saturated carbocycles. The fourth-order valence-electron chi connectivity index (χ4n) is 3.14. The van der Waals surface area contributed by atoms with Gasteiger partial charge in [-0.2, -0.15) is 0 Å². The molecule has 74 valence electrons. The van der Waals surface area contributed by atoms with Crippen LogP contribution in [0.25, 0.3) is 0 Å². The van der Waals surface area contributed by atoms with Gasteiger partial charge in [-0.25, -0.2) is 0 Å². The van der Waals surface area contributed by atoms with Gasteiger partial charge in [0, 0.05) is 6.61 Å². The molecular formula is C11H21BO. The Morgan fingerprint density at radius 1 is 1.08 bits per heavy atom. The van der Waals surface area contributed by atoms with Crippen LogP contribution in [0.3, 0.4) is 0 Å². The summed E-state index contributed by atoms with van der Waals surface area (Å²) in [6.45, 7) is 3.83. The van der Waals surface area contributed by atoms with Crippen LogP contribution in [-0.4, -0.2) is 13.5 Å². The summed E-state index contributed by atoms with van der Waals surface area (Å²) in [7, 11) is 0. The highest BCUT2D eigenvalue weighted by Crippen LogP contribution is 2.46. The monoisotopic (exact) mass is 180 g/mol. The van der Waals surface area contributed by atoms with E-state index >= 15 is 0 Å². The summed E-state index contributed by atoms with van der Waals surface area (Å²) in [5, 5.41) is 0. The van der Waals surface area contributed by atoms with Gasteiger partial charge in [0.25, 0.3) is 6.92 Å². The quantitative estimate of drug-likeness (QED) is 0.604. The first-order chi connectivity index (χ1) is 6.42. The Bertz CT molecular complexity index is 138. The highest BCUT2D eigenvalue weighted by Gasteiger charge is 2.40. The molecule has 0 aromatic carbocycles. The van der Waals surface area contributed by atoms with Crippen LogP contribution in [0.5, 0.6) is 0 Å². The molecule has 1 nitrogen and oxygen atoms in total. The average Bonchev–Trinajstić information content (AvgIpc) is 2.14. The fraction of sp³-hybridized carbons (Fsp3) is 1.00. The zero-order valence-electron chi connectivity index (χ0n) is 8.80. The van der Waals surface area contributed by atoms with Crippen molar-refractivity contribution in [2.75, 3.05) is 6.61 Å². The largest absolute Gasteiger partial charge is 0.435 e. The van der Waals surface area contributed by atoms with Gasteiger partial charge in [0.15, 0.2) is 0 Å². The van der Waals surface area contributed by atoms with Gasteiger partial charge < -0.3 is 4.65 Å². The van der Waals surface area contributed by atoms with Crippen molar-refractivity contribution in [2.24, 2.45) is 0 Å². The first-order valence-electron chi connectivity index (χ1n) is 6.03. The molecule has 0 radical (unpaired) electrons. The minimum atomic E-state index is 0.641. The Balaban J connectivity index is 1.90. The smallest absolute Gasteiger partial charge is 0.299 e. The molecule has 2 saturated heterocycles. The standard InChI is InChI=1S/C11H21BO/c1-2-9-13-12-10-5-3-6-11(12)8-4-7-10/h10-11H,2-9H2,1H3. The van der Waals surface area contributed by atoms with E-state index in [0.717, 1.165) is 18.2 Å². The molecule has 2 aliphatic heterocycles. The van der Waals surface area contributed by atoms with Gasteiger partial charge in [-0.3, -0.25) is 0 Å². The number of rotatable bonds is 3. The molecule has 0 aromatic heterocycles. The normalized spacial score (nSPS) is 33.5. The maximum Gasteiger partial charge on any atom is 0.299 e. The van der Waals surface area contributed by atoms with Crippen molar-refractivity contribution >= 4 is 6.92 Å². The van der Waals surface area contributed by atoms with E-state index in [1.807, 2.05) is 0 Å². The van der Waals surface area contributed by atoms with Gasteiger partial charge in [-0.05, 0) is 18.1 Å². The highest BCUT2D eigenvalue weighted by molar-refractivity contribution is 6.56. The summed E-state index contributed by atoms with van der Waals surface area (Å²) in [5.74, 6) is 1.83. The Labute approximate surface area is 82.3 Å². The van der Waals surface area contributed by atoms with Crippen molar-refractivity contribution in [2.45, 2.75) is 63.5 Å². The molecule has 13 heavy (non-hydrogen) atoms. The molecule has 2 aliphatic rings. The Kier molecular flexibility index (Phi) is 3.31. The summed E-state index contributed by atoms with van der Waals surface area (Å²) in [6, 6.07) is 0. The van der Waals surface area contributed by atoms with Crippen LogP contribution in [0, 0.1) is 0 Å². The lowest BCUT2D eigenvalue weighted by atomic mass is 9.38. The van der Waals surface area contributed by atoms with Gasteiger partial charge in [-0.15, -0.1) is 0 Å². The molecule has 2 fully saturated rings. The van der Waals surface area contributed by atoms with E-state index in [9.17, 15) is 0 Å². The third kappa shape index (κ3) is 2.09. The van der Waals surface area contributed by atoms with Crippen molar-refractivity contribution in [3.63, 3.8) is 0 Å². The molecule has 2 heteroatoms. The molecular weight excluding hydrogens is 159 g/mol. The van der Waals surface area contributed by atoms with Crippen molar-refractivity contribution in [1.29, 1.82) is 0 Å². The number of fused-ring (bicyclic) bond motifs is 2. The Morgan fingerprint density at radius 3 is 2.08 bits per heavy atom. The van der Waals surface area contributed by atoms with E-state index in [4.69, 9.17) is 4.65 Å². The summed E-state index contributed by atoms with van der Waals surface area (Å²) in [5.41, 5.74) is 0. The van der Waals surface area contributed by atoms with Gasteiger partial charge in [0.2, 0.25) is 0 Å². The van der Waals surface area contributed by atoms with E-state index in [2.05, 4.69) is 6.92 Å². The second-order valence-corrected chi connectivity index (χ2v) is 4.72. The van der Waals surface area contributed by atoms with Crippen LogP contribution in [-0.2, 0) is 4.65 Å². The minimum absolute atomic E-state index is 0.641. The van der Waals surface area contributed by atoms with E-state index < -0.39 is 0 Å². The summed E-state index contributed by atoms with van der Waals surface area (Å²) >= 11 is 0. The van der Waals surface area contributed by atoms with Crippen LogP contribution < -0.4 is 0 Å². The zero-order chi connectivity index (χ0) is 9.10. The van der Waals surface area contributed by atoms with Crippen LogP contribution in [0.15, 0.2) is 0 Å². The van der Waals surface area contributed by atoms with Crippen LogP contribution >= 0.6 is 0 Å². The van der Waals surface area contributed by atoms with Gasteiger partial charge in [-0.1, -0.05) is 45.4 Å². The van der Waals surface area contributed by atoms with Crippen molar-refractivity contribution in [3.8, 4) is 0 Å². The fourth-order valence-corrected chi connectivity index (χ4v) is 3.14. The maximum atomic E-state index is 6.00. The van der Waals surface area contributed by atoms with E-state index in [0.29, 0.717) is 6.92 Å². The molecule has 0 aliphatic carbocycles. The number of hydrogen-bond acceptors (Lipinski definition) is 1. The molecule has 2 heterocycles. The minimum Gasteiger partial charge on any atom is -0.435 e. The first-order valence-corrected chi connectivity index (χ1v) is 6.03. The van der Waals surface area contributed by atoms with Crippen LogP contribution in [0.1, 0.15) is 51.9 Å². The predicted molar refractivity (Wildman–Crippen MR) is 57.2 cm³/mol. The summed E-state index contributed by atoms with van der Waals surface area (Å²) in [6.07, 6.45) is 9.84. The summed E-state index contributed by atoms with van der Waals surface area (Å²) in [4.78, 5) is 0. The lowest BCUT2D eigenvalue weighted by Gasteiger charge is -2.39. The van der Waals surface area contributed by atoms with Gasteiger partial charge in [0.05, 0.1) is 0 Å². The third-order valence-electron chi connectivity index (χ3n) is 3.74. The van der Waals surface area contributed by atoms with E-state index in [-0.39, 0.29) is 0 Å². The molecule has 0 aromatic rings. The van der Waals surface area contributed by atoms with Crippen molar-refractivity contribution in [3.05, 3.63) is 0 Å². The highest BCUT2D eigenvalue weighted by atomic mass is 16.4. The number of hydrogen-bond donors (Lipinski definition) is 0. The van der Waals surface area contributed by atoms with E-state index in [1.165, 1.54) is 44.9 Å². The topological polar surface area (TPSA) is 9.23 Å². The lowest BCUT2D eigenvalue weighted by Crippen LogP contribution is -2.37. The van der Waals surface area contributed by atoms with Crippen LogP contribution in [0.4, 0.5) is 0 Å². The van der Waals surface area contributed by atoms with Crippen molar-refractivity contribution < 1.29 is 4.65 Å². The SMILES string of the molecule is CCCOB1C2CCCC1CCC2.